The van der Waals surface area contributed by atoms with Crippen molar-refractivity contribution in [3.8, 4) is 0 Å². The minimum absolute atomic E-state index is 0.0197. The van der Waals surface area contributed by atoms with Crippen molar-refractivity contribution in [1.29, 1.82) is 0 Å². The lowest BCUT2D eigenvalue weighted by atomic mass is 9.80. The molecule has 1 fully saturated rings. The van der Waals surface area contributed by atoms with E-state index in [1.807, 2.05) is 0 Å². The molecule has 1 heteroatoms. The van der Waals surface area contributed by atoms with Crippen LogP contribution in [-0.4, -0.2) is 11.2 Å². The van der Waals surface area contributed by atoms with Crippen molar-refractivity contribution in [2.45, 2.75) is 39.2 Å². The molecule has 3 atom stereocenters. The van der Waals surface area contributed by atoms with E-state index < -0.39 is 0 Å². The molecule has 0 aliphatic heterocycles. The van der Waals surface area contributed by atoms with Crippen LogP contribution in [0.25, 0.3) is 0 Å². The summed E-state index contributed by atoms with van der Waals surface area (Å²) >= 11 is 0. The monoisotopic (exact) mass is 128 g/mol. The number of hydrogen-bond acceptors (Lipinski definition) is 1. The summed E-state index contributed by atoms with van der Waals surface area (Å²) in [7, 11) is 0. The van der Waals surface area contributed by atoms with Gasteiger partial charge in [-0.3, -0.25) is 0 Å². The number of rotatable bonds is 0. The van der Waals surface area contributed by atoms with E-state index in [0.717, 1.165) is 12.3 Å². The zero-order valence-corrected chi connectivity index (χ0v) is 6.30. The Morgan fingerprint density at radius 1 is 1.22 bits per heavy atom. The maximum Gasteiger partial charge on any atom is 0.0568 e. The molecule has 0 amide bonds. The molecule has 1 N–H and O–H groups in total. The van der Waals surface area contributed by atoms with E-state index in [9.17, 15) is 5.11 Å². The molecule has 0 radical (unpaired) electrons. The molecule has 1 aliphatic rings. The fraction of sp³-hybridized carbons (Fsp3) is 1.00. The van der Waals surface area contributed by atoms with Gasteiger partial charge in [0.25, 0.3) is 0 Å². The summed E-state index contributed by atoms with van der Waals surface area (Å²) in [6.07, 6.45) is 3.52. The van der Waals surface area contributed by atoms with Crippen LogP contribution in [-0.2, 0) is 0 Å². The molecule has 0 heterocycles. The zero-order valence-electron chi connectivity index (χ0n) is 6.30. The second-order valence-electron chi connectivity index (χ2n) is 3.33. The molecule has 0 spiro atoms. The Kier molecular flexibility index (Phi) is 2.12. The molecule has 0 aromatic carbocycles. The van der Waals surface area contributed by atoms with Gasteiger partial charge in [-0.2, -0.15) is 0 Å². The highest BCUT2D eigenvalue weighted by molar-refractivity contribution is 4.75. The van der Waals surface area contributed by atoms with Gasteiger partial charge >= 0.3 is 0 Å². The Morgan fingerprint density at radius 2 is 1.89 bits per heavy atom. The third-order valence-electron chi connectivity index (χ3n) is 2.66. The first kappa shape index (κ1) is 7.07. The summed E-state index contributed by atoms with van der Waals surface area (Å²) in [6.45, 7) is 4.38. The quantitative estimate of drug-likeness (QED) is 0.527. The molecule has 0 saturated heterocycles. The van der Waals surface area contributed by atoms with E-state index in [4.69, 9.17) is 0 Å². The van der Waals surface area contributed by atoms with Gasteiger partial charge in [0.15, 0.2) is 0 Å². The van der Waals surface area contributed by atoms with Gasteiger partial charge in [0.1, 0.15) is 0 Å². The minimum atomic E-state index is -0.0197. The van der Waals surface area contributed by atoms with E-state index in [2.05, 4.69) is 13.8 Å². The standard InChI is InChI=1S/C8H16O/c1-6-4-3-5-8(9)7(6)2/h6-9H,3-5H2,1-2H3/t6?,7-,8?/m1/s1. The molecule has 54 valence electrons. The predicted octanol–water partition coefficient (Wildman–Crippen LogP) is 1.80. The van der Waals surface area contributed by atoms with Gasteiger partial charge in [-0.15, -0.1) is 0 Å². The lowest BCUT2D eigenvalue weighted by Crippen LogP contribution is -2.28. The van der Waals surface area contributed by atoms with Crippen molar-refractivity contribution in [2.24, 2.45) is 11.8 Å². The lowest BCUT2D eigenvalue weighted by Gasteiger charge is -2.30. The van der Waals surface area contributed by atoms with E-state index in [-0.39, 0.29) is 6.10 Å². The Balaban J connectivity index is 2.41. The number of hydrogen-bond donors (Lipinski definition) is 1. The van der Waals surface area contributed by atoms with Crippen molar-refractivity contribution in [3.63, 3.8) is 0 Å². The molecule has 1 aliphatic carbocycles. The van der Waals surface area contributed by atoms with Crippen molar-refractivity contribution in [1.82, 2.24) is 0 Å². The van der Waals surface area contributed by atoms with Crippen LogP contribution in [0.1, 0.15) is 33.1 Å². The Hall–Kier alpha value is -0.0400. The van der Waals surface area contributed by atoms with Crippen molar-refractivity contribution < 1.29 is 5.11 Å². The highest BCUT2D eigenvalue weighted by Gasteiger charge is 2.24. The molecule has 2 unspecified atom stereocenters. The Bertz CT molecular complexity index is 80.6. The van der Waals surface area contributed by atoms with Crippen molar-refractivity contribution in [2.75, 3.05) is 0 Å². The van der Waals surface area contributed by atoms with E-state index >= 15 is 0 Å². The Morgan fingerprint density at radius 3 is 2.33 bits per heavy atom. The molecule has 9 heavy (non-hydrogen) atoms. The maximum atomic E-state index is 9.35. The molecule has 1 nitrogen and oxygen atoms in total. The Labute approximate surface area is 57.1 Å². The van der Waals surface area contributed by atoms with Gasteiger partial charge in [-0.1, -0.05) is 26.7 Å². The van der Waals surface area contributed by atoms with Crippen LogP contribution in [0.4, 0.5) is 0 Å². The predicted molar refractivity (Wildman–Crippen MR) is 38.2 cm³/mol. The summed E-state index contributed by atoms with van der Waals surface area (Å²) < 4.78 is 0. The first-order chi connectivity index (χ1) is 4.22. The van der Waals surface area contributed by atoms with Crippen molar-refractivity contribution in [3.05, 3.63) is 0 Å². The van der Waals surface area contributed by atoms with Crippen LogP contribution in [0, 0.1) is 11.8 Å². The first-order valence-electron chi connectivity index (χ1n) is 3.90. The molecule has 0 aromatic rings. The average molecular weight is 128 g/mol. The van der Waals surface area contributed by atoms with Crippen LogP contribution >= 0.6 is 0 Å². The van der Waals surface area contributed by atoms with Crippen LogP contribution in [0.5, 0.6) is 0 Å². The summed E-state index contributed by atoms with van der Waals surface area (Å²) in [5, 5.41) is 9.35. The molecular weight excluding hydrogens is 112 g/mol. The smallest absolute Gasteiger partial charge is 0.0568 e. The molecule has 0 bridgehead atoms. The second kappa shape index (κ2) is 2.70. The summed E-state index contributed by atoms with van der Waals surface area (Å²) in [5.74, 6) is 1.26. The molecule has 0 aromatic heterocycles. The summed E-state index contributed by atoms with van der Waals surface area (Å²) in [6, 6.07) is 0. The van der Waals surface area contributed by atoms with E-state index in [1.165, 1.54) is 12.8 Å². The third kappa shape index (κ3) is 1.45. The van der Waals surface area contributed by atoms with Gasteiger partial charge < -0.3 is 5.11 Å². The zero-order chi connectivity index (χ0) is 6.85. The van der Waals surface area contributed by atoms with Gasteiger partial charge in [0, 0.05) is 0 Å². The summed E-state index contributed by atoms with van der Waals surface area (Å²) in [4.78, 5) is 0. The highest BCUT2D eigenvalue weighted by atomic mass is 16.3. The van der Waals surface area contributed by atoms with E-state index in [0.29, 0.717) is 5.92 Å². The average Bonchev–Trinajstić information content (AvgIpc) is 1.83. The van der Waals surface area contributed by atoms with Crippen LogP contribution in [0.15, 0.2) is 0 Å². The van der Waals surface area contributed by atoms with Crippen LogP contribution in [0.3, 0.4) is 0 Å². The summed E-state index contributed by atoms with van der Waals surface area (Å²) in [5.41, 5.74) is 0. The maximum absolute atomic E-state index is 9.35. The minimum Gasteiger partial charge on any atom is -0.393 e. The largest absolute Gasteiger partial charge is 0.393 e. The number of aliphatic hydroxyl groups is 1. The fourth-order valence-electron chi connectivity index (χ4n) is 1.55. The van der Waals surface area contributed by atoms with Crippen LogP contribution < -0.4 is 0 Å². The fourth-order valence-corrected chi connectivity index (χ4v) is 1.55. The molecular formula is C8H16O. The third-order valence-corrected chi connectivity index (χ3v) is 2.66. The molecule has 1 rings (SSSR count). The normalized spacial score (nSPS) is 45.0. The lowest BCUT2D eigenvalue weighted by molar-refractivity contribution is 0.0486. The van der Waals surface area contributed by atoms with Gasteiger partial charge in [-0.25, -0.2) is 0 Å². The van der Waals surface area contributed by atoms with Gasteiger partial charge in [0.2, 0.25) is 0 Å². The van der Waals surface area contributed by atoms with Gasteiger partial charge in [0.05, 0.1) is 6.10 Å². The highest BCUT2D eigenvalue weighted by Crippen LogP contribution is 2.28. The first-order valence-corrected chi connectivity index (χ1v) is 3.90. The van der Waals surface area contributed by atoms with Crippen LogP contribution in [0.2, 0.25) is 0 Å². The second-order valence-corrected chi connectivity index (χ2v) is 3.33. The SMILES string of the molecule is CC1CCCC(O)[C@@H]1C. The topological polar surface area (TPSA) is 20.2 Å². The number of aliphatic hydroxyl groups excluding tert-OH is 1. The van der Waals surface area contributed by atoms with Gasteiger partial charge in [-0.05, 0) is 18.3 Å². The van der Waals surface area contributed by atoms with E-state index in [1.54, 1.807) is 0 Å². The molecule has 1 saturated carbocycles. The van der Waals surface area contributed by atoms with Crippen molar-refractivity contribution >= 4 is 0 Å².